The Morgan fingerprint density at radius 1 is 0.771 bits per heavy atom. The van der Waals surface area contributed by atoms with Crippen LogP contribution in [0.15, 0.2) is 73.1 Å². The molecule has 7 nitrogen and oxygen atoms in total. The van der Waals surface area contributed by atoms with Gasteiger partial charge in [0.2, 0.25) is 5.13 Å². The zero-order valence-electron chi connectivity index (χ0n) is 18.9. The van der Waals surface area contributed by atoms with E-state index in [1.165, 1.54) is 25.7 Å². The van der Waals surface area contributed by atoms with E-state index >= 15 is 0 Å². The smallest absolute Gasteiger partial charge is 0.211 e. The van der Waals surface area contributed by atoms with Crippen molar-refractivity contribution in [2.24, 2.45) is 0 Å². The van der Waals surface area contributed by atoms with Crippen molar-refractivity contribution in [3.63, 3.8) is 0 Å². The molecule has 1 aromatic carbocycles. The fourth-order valence-corrected chi connectivity index (χ4v) is 5.21. The van der Waals surface area contributed by atoms with E-state index in [9.17, 15) is 0 Å². The lowest BCUT2D eigenvalue weighted by molar-refractivity contribution is 0.705. The highest BCUT2D eigenvalue weighted by Gasteiger charge is 2.21. The molecule has 9 heteroatoms. The molecule has 1 saturated carbocycles. The van der Waals surface area contributed by atoms with Crippen molar-refractivity contribution < 1.29 is 0 Å². The topological polar surface area (TPSA) is 88.5 Å². The quantitative estimate of drug-likeness (QED) is 0.256. The second-order valence-corrected chi connectivity index (χ2v) is 9.44. The van der Waals surface area contributed by atoms with Crippen molar-refractivity contribution in [3.8, 4) is 11.3 Å². The zero-order valence-corrected chi connectivity index (χ0v) is 20.5. The number of hydrogen-bond acceptors (Lipinski definition) is 8. The van der Waals surface area contributed by atoms with Gasteiger partial charge in [-0.2, -0.15) is 0 Å². The molecule has 2 N–H and O–H groups in total. The molecule has 0 unspecified atom stereocenters. The first kappa shape index (κ1) is 23.1. The minimum absolute atomic E-state index is 0. The highest BCUT2D eigenvalue weighted by atomic mass is 35.5. The maximum atomic E-state index is 4.74. The summed E-state index contributed by atoms with van der Waals surface area (Å²) in [5.74, 6) is 1.29. The third-order valence-corrected chi connectivity index (χ3v) is 7.04. The summed E-state index contributed by atoms with van der Waals surface area (Å²) in [4.78, 5) is 13.9. The summed E-state index contributed by atoms with van der Waals surface area (Å²) >= 11 is 1.63. The normalized spacial score (nSPS) is 13.5. The van der Waals surface area contributed by atoms with Crippen molar-refractivity contribution in [3.05, 3.63) is 78.1 Å². The lowest BCUT2D eigenvalue weighted by Gasteiger charge is -2.08. The number of nitrogens with one attached hydrogen (secondary N) is 2. The summed E-state index contributed by atoms with van der Waals surface area (Å²) in [6.07, 6.45) is 8.64. The van der Waals surface area contributed by atoms with Gasteiger partial charge in [-0.05, 0) is 43.2 Å². The zero-order chi connectivity index (χ0) is 22.7. The maximum absolute atomic E-state index is 4.74. The molecule has 4 heterocycles. The molecule has 0 bridgehead atoms. The van der Waals surface area contributed by atoms with Crippen LogP contribution in [0.1, 0.15) is 36.6 Å². The lowest BCUT2D eigenvalue weighted by Crippen LogP contribution is -1.96. The second kappa shape index (κ2) is 10.3. The van der Waals surface area contributed by atoms with E-state index in [1.54, 1.807) is 17.5 Å². The number of fused-ring (bicyclic) bond motifs is 1. The molecule has 0 radical (unpaired) electrons. The van der Waals surface area contributed by atoms with Crippen molar-refractivity contribution in [2.45, 2.75) is 31.6 Å². The van der Waals surface area contributed by atoms with Gasteiger partial charge >= 0.3 is 0 Å². The summed E-state index contributed by atoms with van der Waals surface area (Å²) in [5.41, 5.74) is 5.40. The largest absolute Gasteiger partial charge is 0.353 e. The monoisotopic (exact) mass is 501 g/mol. The number of nitrogens with zero attached hydrogens (tertiary/aromatic N) is 5. The van der Waals surface area contributed by atoms with E-state index in [0.717, 1.165) is 49.6 Å². The molecule has 0 atom stereocenters. The maximum Gasteiger partial charge on any atom is 0.211 e. The Kier molecular flexibility index (Phi) is 6.83. The fraction of sp³-hybridized carbons (Fsp3) is 0.192. The van der Waals surface area contributed by atoms with Gasteiger partial charge < -0.3 is 10.6 Å². The number of pyridine rings is 3. The van der Waals surface area contributed by atoms with Crippen LogP contribution in [0.3, 0.4) is 0 Å². The Bertz CT molecular complexity index is 1420. The molecule has 5 aromatic rings. The second-order valence-electron chi connectivity index (χ2n) is 8.43. The summed E-state index contributed by atoms with van der Waals surface area (Å²) in [6.45, 7) is 0. The van der Waals surface area contributed by atoms with Crippen molar-refractivity contribution >= 4 is 57.1 Å². The van der Waals surface area contributed by atoms with Crippen molar-refractivity contribution in [1.29, 1.82) is 0 Å². The average molecular weight is 502 g/mol. The molecule has 0 saturated heterocycles. The molecule has 1 aliphatic rings. The van der Waals surface area contributed by atoms with Crippen molar-refractivity contribution in [1.82, 2.24) is 25.1 Å². The fourth-order valence-electron chi connectivity index (χ4n) is 4.29. The van der Waals surface area contributed by atoms with E-state index in [-0.39, 0.29) is 12.4 Å². The lowest BCUT2D eigenvalue weighted by atomic mass is 10.1. The average Bonchev–Trinajstić information content (AvgIpc) is 3.57. The van der Waals surface area contributed by atoms with Crippen LogP contribution in [-0.2, 0) is 0 Å². The van der Waals surface area contributed by atoms with Crippen LogP contribution < -0.4 is 10.6 Å². The van der Waals surface area contributed by atoms with Gasteiger partial charge in [0.05, 0.1) is 40.5 Å². The minimum atomic E-state index is 0. The molecular weight excluding hydrogens is 478 g/mol. The molecule has 176 valence electrons. The first-order valence-electron chi connectivity index (χ1n) is 11.5. The number of aromatic nitrogens is 5. The molecule has 35 heavy (non-hydrogen) atoms. The Morgan fingerprint density at radius 3 is 2.40 bits per heavy atom. The summed E-state index contributed by atoms with van der Waals surface area (Å²) in [7, 11) is 0. The third-order valence-electron chi connectivity index (χ3n) is 6.04. The third kappa shape index (κ3) is 5.23. The standard InChI is InChI=1S/C26H23N7S.ClH/c1-2-6-17(7-3-1)21-11-10-19(15-27-21)29-20-14-23-22(28-16-20)12-13-24(30-23)31-26-33-32-25(34-26)18-8-4-5-9-18;/h1-3,6-7,10-16,18,29H,4-5,8-9H2,(H,30,31,33);1H. The van der Waals surface area contributed by atoms with Crippen LogP contribution in [0.4, 0.5) is 22.3 Å². The first-order valence-corrected chi connectivity index (χ1v) is 12.3. The van der Waals surface area contributed by atoms with Crippen LogP contribution in [0.2, 0.25) is 0 Å². The van der Waals surface area contributed by atoms with Crippen LogP contribution in [0, 0.1) is 0 Å². The van der Waals surface area contributed by atoms with Gasteiger partial charge in [0, 0.05) is 11.5 Å². The predicted octanol–water partition coefficient (Wildman–Crippen LogP) is 7.11. The van der Waals surface area contributed by atoms with Crippen LogP contribution in [-0.4, -0.2) is 25.1 Å². The molecule has 0 spiro atoms. The molecular formula is C26H24ClN7S. The van der Waals surface area contributed by atoms with E-state index < -0.39 is 0 Å². The summed E-state index contributed by atoms with van der Waals surface area (Å²) < 4.78 is 0. The molecule has 0 aliphatic heterocycles. The molecule has 6 rings (SSSR count). The Labute approximate surface area is 213 Å². The van der Waals surface area contributed by atoms with Gasteiger partial charge in [0.15, 0.2) is 0 Å². The van der Waals surface area contributed by atoms with Gasteiger partial charge in [-0.15, -0.1) is 22.6 Å². The SMILES string of the molecule is Cl.c1ccc(-c2ccc(Nc3cnc4ccc(Nc5nnc(C6CCCC6)s5)nc4c3)cn2)cc1. The van der Waals surface area contributed by atoms with Crippen molar-refractivity contribution in [2.75, 3.05) is 10.6 Å². The summed E-state index contributed by atoms with van der Waals surface area (Å²) in [6, 6.07) is 20.0. The van der Waals surface area contributed by atoms with Crippen LogP contribution in [0.25, 0.3) is 22.3 Å². The highest BCUT2D eigenvalue weighted by Crippen LogP contribution is 2.37. The van der Waals surface area contributed by atoms with E-state index in [1.807, 2.05) is 54.7 Å². The molecule has 1 fully saturated rings. The number of benzene rings is 1. The first-order chi connectivity index (χ1) is 16.8. The number of rotatable bonds is 6. The summed E-state index contributed by atoms with van der Waals surface area (Å²) in [5, 5.41) is 17.3. The van der Waals surface area contributed by atoms with Crippen LogP contribution in [0.5, 0.6) is 0 Å². The Hall–Kier alpha value is -3.62. The van der Waals surface area contributed by atoms with E-state index in [0.29, 0.717) is 5.92 Å². The number of anilines is 4. The predicted molar refractivity (Wildman–Crippen MR) is 144 cm³/mol. The van der Waals surface area contributed by atoms with Gasteiger partial charge in [-0.3, -0.25) is 9.97 Å². The van der Waals surface area contributed by atoms with Crippen LogP contribution >= 0.6 is 23.7 Å². The Morgan fingerprint density at radius 2 is 1.60 bits per heavy atom. The van der Waals surface area contributed by atoms with E-state index in [4.69, 9.17) is 4.98 Å². The van der Waals surface area contributed by atoms with Gasteiger partial charge in [-0.1, -0.05) is 54.5 Å². The molecule has 0 amide bonds. The number of halogens is 1. The van der Waals surface area contributed by atoms with Gasteiger partial charge in [0.25, 0.3) is 0 Å². The molecule has 4 aromatic heterocycles. The Balaban J connectivity index is 0.00000253. The van der Waals surface area contributed by atoms with Gasteiger partial charge in [-0.25, -0.2) is 4.98 Å². The molecule has 1 aliphatic carbocycles. The number of hydrogen-bond donors (Lipinski definition) is 2. The van der Waals surface area contributed by atoms with Gasteiger partial charge in [0.1, 0.15) is 10.8 Å². The highest BCUT2D eigenvalue weighted by molar-refractivity contribution is 7.15. The minimum Gasteiger partial charge on any atom is -0.353 e. The van der Waals surface area contributed by atoms with E-state index in [2.05, 4.69) is 42.9 Å².